The molecule has 0 heterocycles. The van der Waals surface area contributed by atoms with Crippen LogP contribution in [0.15, 0.2) is 194 Å². The highest BCUT2D eigenvalue weighted by Crippen LogP contribution is 2.61. The Morgan fingerprint density at radius 1 is 0.367 bits per heavy atom. The van der Waals surface area contributed by atoms with Gasteiger partial charge in [0, 0.05) is 0 Å². The molecule has 3 heteroatoms. The number of hydrogen-bond acceptors (Lipinski definition) is 1. The van der Waals surface area contributed by atoms with E-state index in [1.807, 2.05) is 0 Å². The molecule has 0 fully saturated rings. The lowest BCUT2D eigenvalue weighted by molar-refractivity contribution is 0.414. The summed E-state index contributed by atoms with van der Waals surface area (Å²) in [5.74, 6) is 0.912. The first-order valence-corrected chi connectivity index (χ1v) is 20.9. The van der Waals surface area contributed by atoms with Gasteiger partial charge < -0.3 is 4.74 Å². The van der Waals surface area contributed by atoms with Crippen molar-refractivity contribution in [3.05, 3.63) is 211 Å². The van der Waals surface area contributed by atoms with Crippen molar-refractivity contribution < 1.29 is 4.74 Å². The van der Waals surface area contributed by atoms with Gasteiger partial charge in [-0.25, -0.2) is 0 Å². The lowest BCUT2D eigenvalue weighted by atomic mass is 10.0. The van der Waals surface area contributed by atoms with Crippen LogP contribution in [-0.2, 0) is 12.3 Å². The van der Waals surface area contributed by atoms with Gasteiger partial charge in [0.2, 0.25) is 0 Å². The summed E-state index contributed by atoms with van der Waals surface area (Å²) in [6, 6.07) is 71.7. The molecule has 0 saturated carbocycles. The highest BCUT2D eigenvalue weighted by molar-refractivity contribution is 7.95. The monoisotopic (exact) mass is 672 g/mol. The Morgan fingerprint density at radius 3 is 0.796 bits per heavy atom. The summed E-state index contributed by atoms with van der Waals surface area (Å²) in [5.41, 5.74) is 4.03. The van der Waals surface area contributed by atoms with Crippen molar-refractivity contribution in [2.45, 2.75) is 19.2 Å². The lowest BCUT2D eigenvalue weighted by Gasteiger charge is -2.30. The average Bonchev–Trinajstić information content (AvgIpc) is 3.19. The number of methoxy groups -OCH3 is 1. The molecule has 0 saturated heterocycles. The van der Waals surface area contributed by atoms with Crippen LogP contribution in [0.4, 0.5) is 0 Å². The van der Waals surface area contributed by atoms with Gasteiger partial charge >= 0.3 is 0 Å². The second kappa shape index (κ2) is 14.8. The normalized spacial score (nSPS) is 11.6. The maximum atomic E-state index is 6.14. The predicted octanol–water partition coefficient (Wildman–Crippen LogP) is 8.99. The van der Waals surface area contributed by atoms with E-state index < -0.39 is 14.5 Å². The van der Waals surface area contributed by atoms with E-state index in [1.165, 1.54) is 48.5 Å². The summed E-state index contributed by atoms with van der Waals surface area (Å²) in [5, 5.41) is 8.31. The van der Waals surface area contributed by atoms with Crippen LogP contribution in [0.2, 0.25) is 0 Å². The molecule has 0 unspecified atom stereocenters. The van der Waals surface area contributed by atoms with Gasteiger partial charge in [-0.1, -0.05) is 109 Å². The Labute approximate surface area is 293 Å². The van der Waals surface area contributed by atoms with Gasteiger partial charge in [0.15, 0.2) is 0 Å². The van der Waals surface area contributed by atoms with Gasteiger partial charge in [-0.05, 0) is 109 Å². The third-order valence-electron chi connectivity index (χ3n) is 9.83. The SMILES string of the molecule is COc1cc(C[P+](c2ccccc2)(c2ccccc2)c2ccccc2)c(C)c(C[P+](c2ccccc2)(c2ccccc2)c2ccccc2)c1. The first-order chi connectivity index (χ1) is 24.1. The van der Waals surface area contributed by atoms with Crippen LogP contribution in [0.5, 0.6) is 5.75 Å². The number of benzene rings is 7. The van der Waals surface area contributed by atoms with Crippen LogP contribution in [0.3, 0.4) is 0 Å². The number of ether oxygens (including phenoxy) is 1. The Hall–Kier alpha value is -4.80. The maximum absolute atomic E-state index is 6.14. The Bertz CT molecular complexity index is 1740. The Kier molecular flexibility index (Phi) is 9.86. The topological polar surface area (TPSA) is 9.23 Å². The van der Waals surface area contributed by atoms with Crippen LogP contribution in [0, 0.1) is 6.92 Å². The molecule has 7 aromatic carbocycles. The largest absolute Gasteiger partial charge is 0.497 e. The summed E-state index contributed by atoms with van der Waals surface area (Å²) < 4.78 is 6.14. The van der Waals surface area contributed by atoms with Gasteiger partial charge in [0.1, 0.15) is 52.1 Å². The fraction of sp³-hybridized carbons (Fsp3) is 0.0870. The minimum absolute atomic E-state index is 0.897. The standard InChI is InChI=1S/C46H42OP2/c1-37-38(35-48(41-21-9-3-10-22-41,42-23-11-4-12-24-42)43-25-13-5-14-26-43)33-40(47-2)34-39(37)36-49(44-27-15-6-16-28-44,45-29-17-7-18-30-45)46-31-19-8-20-32-46/h3-34H,35-36H2,1-2H3/q+2. The number of rotatable bonds is 11. The van der Waals surface area contributed by atoms with Crippen molar-refractivity contribution in [1.29, 1.82) is 0 Å². The molecule has 49 heavy (non-hydrogen) atoms. The lowest BCUT2D eigenvalue weighted by Crippen LogP contribution is -2.33. The molecule has 0 N–H and O–H groups in total. The fourth-order valence-electron chi connectivity index (χ4n) is 7.30. The Balaban J connectivity index is 1.47. The van der Waals surface area contributed by atoms with Crippen molar-refractivity contribution in [2.24, 2.45) is 0 Å². The summed E-state index contributed by atoms with van der Waals surface area (Å²) >= 11 is 0. The molecule has 240 valence electrons. The van der Waals surface area contributed by atoms with E-state index >= 15 is 0 Å². The Morgan fingerprint density at radius 2 is 0.592 bits per heavy atom. The molecule has 0 atom stereocenters. The molecular weight excluding hydrogens is 630 g/mol. The van der Waals surface area contributed by atoms with E-state index in [1.54, 1.807) is 7.11 Å². The van der Waals surface area contributed by atoms with E-state index in [2.05, 4.69) is 201 Å². The minimum atomic E-state index is -2.12. The second-order valence-corrected chi connectivity index (χ2v) is 19.5. The van der Waals surface area contributed by atoms with Crippen LogP contribution >= 0.6 is 14.5 Å². The van der Waals surface area contributed by atoms with Gasteiger partial charge in [-0.15, -0.1) is 0 Å². The van der Waals surface area contributed by atoms with Gasteiger partial charge in [-0.2, -0.15) is 0 Å². The molecule has 0 aliphatic carbocycles. The van der Waals surface area contributed by atoms with Gasteiger partial charge in [0.25, 0.3) is 0 Å². The minimum Gasteiger partial charge on any atom is -0.497 e. The maximum Gasteiger partial charge on any atom is 0.119 e. The van der Waals surface area contributed by atoms with Gasteiger partial charge in [-0.3, -0.25) is 0 Å². The number of hydrogen-bond donors (Lipinski definition) is 0. The molecule has 0 aromatic heterocycles. The van der Waals surface area contributed by atoms with Crippen LogP contribution in [0.1, 0.15) is 16.7 Å². The second-order valence-electron chi connectivity index (χ2n) is 12.5. The highest BCUT2D eigenvalue weighted by Gasteiger charge is 2.48. The summed E-state index contributed by atoms with van der Waals surface area (Å²) in [7, 11) is -2.44. The van der Waals surface area contributed by atoms with Crippen molar-refractivity contribution >= 4 is 46.4 Å². The summed E-state index contributed by atoms with van der Waals surface area (Å²) in [6.45, 7) is 2.34. The first-order valence-electron chi connectivity index (χ1n) is 16.9. The summed E-state index contributed by atoms with van der Waals surface area (Å²) in [6.07, 6.45) is 1.79. The zero-order chi connectivity index (χ0) is 33.5. The summed E-state index contributed by atoms with van der Waals surface area (Å²) in [4.78, 5) is 0. The third kappa shape index (κ3) is 6.38. The average molecular weight is 673 g/mol. The van der Waals surface area contributed by atoms with Crippen LogP contribution in [0.25, 0.3) is 0 Å². The zero-order valence-corrected chi connectivity index (χ0v) is 30.0. The van der Waals surface area contributed by atoms with E-state index in [-0.39, 0.29) is 0 Å². The predicted molar refractivity (Wildman–Crippen MR) is 215 cm³/mol. The molecule has 0 amide bonds. The molecule has 7 aromatic rings. The first kappa shape index (κ1) is 32.7. The molecular formula is C46H42OP2+2. The molecule has 0 spiro atoms. The van der Waals surface area contributed by atoms with Crippen molar-refractivity contribution in [3.63, 3.8) is 0 Å². The van der Waals surface area contributed by atoms with Crippen molar-refractivity contribution in [1.82, 2.24) is 0 Å². The van der Waals surface area contributed by atoms with E-state index in [9.17, 15) is 0 Å². The quantitative estimate of drug-likeness (QED) is 0.125. The molecule has 7 rings (SSSR count). The van der Waals surface area contributed by atoms with Crippen LogP contribution in [-0.4, -0.2) is 7.11 Å². The molecule has 0 aliphatic heterocycles. The molecule has 0 aliphatic rings. The molecule has 1 nitrogen and oxygen atoms in total. The highest BCUT2D eigenvalue weighted by atomic mass is 31.2. The van der Waals surface area contributed by atoms with Gasteiger partial charge in [0.05, 0.1) is 19.4 Å². The van der Waals surface area contributed by atoms with Crippen LogP contribution < -0.4 is 36.6 Å². The molecule has 0 bridgehead atoms. The third-order valence-corrected chi connectivity index (χ3v) is 18.5. The molecule has 0 radical (unpaired) electrons. The van der Waals surface area contributed by atoms with E-state index in [0.29, 0.717) is 0 Å². The fourth-order valence-corrected chi connectivity index (χ4v) is 16.0. The van der Waals surface area contributed by atoms with Crippen molar-refractivity contribution in [2.75, 3.05) is 7.11 Å². The van der Waals surface area contributed by atoms with E-state index in [0.717, 1.165) is 18.1 Å². The van der Waals surface area contributed by atoms with Crippen molar-refractivity contribution in [3.8, 4) is 5.75 Å². The smallest absolute Gasteiger partial charge is 0.119 e. The van der Waals surface area contributed by atoms with E-state index in [4.69, 9.17) is 4.74 Å². The zero-order valence-electron chi connectivity index (χ0n) is 28.2.